The molecule has 4 heteroatoms. The van der Waals surface area contributed by atoms with Crippen LogP contribution in [0.15, 0.2) is 35.5 Å². The van der Waals surface area contributed by atoms with Crippen LogP contribution >= 0.6 is 0 Å². The molecule has 2 heterocycles. The maximum atomic E-state index is 11.8. The lowest BCUT2D eigenvalue weighted by atomic mass is 10.0. The Morgan fingerprint density at radius 3 is 3.12 bits per heavy atom. The molecular formula is C13H13N3O. The molecule has 1 fully saturated rings. The van der Waals surface area contributed by atoms with E-state index in [9.17, 15) is 4.79 Å². The number of amides is 1. The van der Waals surface area contributed by atoms with Crippen LogP contribution in [0, 0.1) is 0 Å². The Balaban J connectivity index is 1.91. The van der Waals surface area contributed by atoms with E-state index in [4.69, 9.17) is 0 Å². The van der Waals surface area contributed by atoms with Crippen molar-refractivity contribution in [2.75, 3.05) is 6.54 Å². The van der Waals surface area contributed by atoms with Crippen molar-refractivity contribution < 1.29 is 4.79 Å². The van der Waals surface area contributed by atoms with E-state index in [-0.39, 0.29) is 11.9 Å². The van der Waals surface area contributed by atoms with Crippen LogP contribution in [0.4, 0.5) is 5.69 Å². The van der Waals surface area contributed by atoms with Crippen LogP contribution in [0.25, 0.3) is 0 Å². The highest BCUT2D eigenvalue weighted by Gasteiger charge is 2.25. The van der Waals surface area contributed by atoms with Gasteiger partial charge in [-0.25, -0.2) is 0 Å². The fourth-order valence-electron chi connectivity index (χ4n) is 2.17. The first kappa shape index (κ1) is 10.2. The summed E-state index contributed by atoms with van der Waals surface area (Å²) >= 11 is 0. The SMILES string of the molecule is C=C1CNC(c2ccc3c(c2)N=CC3)C(=O)N1. The number of carbonyl (C=O) groups excluding carboxylic acids is 1. The van der Waals surface area contributed by atoms with Crippen LogP contribution < -0.4 is 10.6 Å². The lowest BCUT2D eigenvalue weighted by Gasteiger charge is -2.25. The number of carbonyl (C=O) groups is 1. The molecule has 0 aromatic heterocycles. The molecule has 17 heavy (non-hydrogen) atoms. The van der Waals surface area contributed by atoms with Crippen LogP contribution in [-0.2, 0) is 11.2 Å². The topological polar surface area (TPSA) is 53.5 Å². The van der Waals surface area contributed by atoms with Crippen molar-refractivity contribution in [3.63, 3.8) is 0 Å². The molecule has 0 bridgehead atoms. The van der Waals surface area contributed by atoms with Crippen molar-refractivity contribution >= 4 is 17.8 Å². The van der Waals surface area contributed by atoms with E-state index in [1.54, 1.807) is 0 Å². The van der Waals surface area contributed by atoms with Gasteiger partial charge >= 0.3 is 0 Å². The largest absolute Gasteiger partial charge is 0.327 e. The van der Waals surface area contributed by atoms with E-state index in [2.05, 4.69) is 22.2 Å². The first-order valence-corrected chi connectivity index (χ1v) is 5.61. The summed E-state index contributed by atoms with van der Waals surface area (Å²) in [6, 6.07) is 5.69. The highest BCUT2D eigenvalue weighted by molar-refractivity contribution is 5.86. The van der Waals surface area contributed by atoms with E-state index in [1.807, 2.05) is 24.4 Å². The second-order valence-electron chi connectivity index (χ2n) is 4.31. The van der Waals surface area contributed by atoms with E-state index < -0.39 is 0 Å². The lowest BCUT2D eigenvalue weighted by Crippen LogP contribution is -2.45. The zero-order chi connectivity index (χ0) is 11.8. The van der Waals surface area contributed by atoms with Gasteiger partial charge in [0.15, 0.2) is 0 Å². The third-order valence-electron chi connectivity index (χ3n) is 3.07. The number of hydrogen-bond donors (Lipinski definition) is 2. The number of nitrogens with zero attached hydrogens (tertiary/aromatic N) is 1. The minimum Gasteiger partial charge on any atom is -0.327 e. The van der Waals surface area contributed by atoms with Gasteiger partial charge < -0.3 is 5.32 Å². The third-order valence-corrected chi connectivity index (χ3v) is 3.07. The Kier molecular flexibility index (Phi) is 2.30. The Morgan fingerprint density at radius 2 is 2.29 bits per heavy atom. The molecule has 1 atom stereocenters. The normalized spacial score (nSPS) is 22.5. The van der Waals surface area contributed by atoms with Gasteiger partial charge in [-0.2, -0.15) is 0 Å². The fourth-order valence-corrected chi connectivity index (χ4v) is 2.17. The molecule has 0 saturated carbocycles. The molecule has 1 aromatic carbocycles. The maximum absolute atomic E-state index is 11.8. The summed E-state index contributed by atoms with van der Waals surface area (Å²) < 4.78 is 0. The Bertz CT molecular complexity index is 533. The molecule has 2 aliphatic rings. The van der Waals surface area contributed by atoms with Gasteiger partial charge in [-0.1, -0.05) is 18.7 Å². The smallest absolute Gasteiger partial charge is 0.245 e. The van der Waals surface area contributed by atoms with Crippen molar-refractivity contribution in [3.8, 4) is 0 Å². The quantitative estimate of drug-likeness (QED) is 0.758. The first-order chi connectivity index (χ1) is 8.24. The predicted molar refractivity (Wildman–Crippen MR) is 66.3 cm³/mol. The molecule has 1 saturated heterocycles. The summed E-state index contributed by atoms with van der Waals surface area (Å²) in [5, 5.41) is 5.92. The minimum absolute atomic E-state index is 0.0526. The van der Waals surface area contributed by atoms with Crippen molar-refractivity contribution in [1.82, 2.24) is 10.6 Å². The highest BCUT2D eigenvalue weighted by atomic mass is 16.2. The molecule has 0 spiro atoms. The highest BCUT2D eigenvalue weighted by Crippen LogP contribution is 2.28. The second-order valence-corrected chi connectivity index (χ2v) is 4.31. The summed E-state index contributed by atoms with van der Waals surface area (Å²) in [4.78, 5) is 16.1. The molecular weight excluding hydrogens is 214 g/mol. The van der Waals surface area contributed by atoms with Crippen molar-refractivity contribution in [2.24, 2.45) is 4.99 Å². The second kappa shape index (κ2) is 3.82. The van der Waals surface area contributed by atoms with Crippen LogP contribution in [0.2, 0.25) is 0 Å². The van der Waals surface area contributed by atoms with Gasteiger partial charge in [-0.05, 0) is 17.2 Å². The number of piperazine rings is 1. The van der Waals surface area contributed by atoms with Gasteiger partial charge in [0.25, 0.3) is 0 Å². The average Bonchev–Trinajstić information content (AvgIpc) is 2.75. The van der Waals surface area contributed by atoms with Crippen molar-refractivity contribution in [2.45, 2.75) is 12.5 Å². The number of hydrogen-bond acceptors (Lipinski definition) is 3. The molecule has 0 radical (unpaired) electrons. The molecule has 3 rings (SSSR count). The monoisotopic (exact) mass is 227 g/mol. The van der Waals surface area contributed by atoms with Crippen LogP contribution in [0.1, 0.15) is 17.2 Å². The van der Waals surface area contributed by atoms with Gasteiger partial charge in [0.2, 0.25) is 5.91 Å². The Hall–Kier alpha value is -1.94. The average molecular weight is 227 g/mol. The summed E-state index contributed by atoms with van der Waals surface area (Å²) in [6.45, 7) is 4.34. The third kappa shape index (κ3) is 1.76. The van der Waals surface area contributed by atoms with Crippen LogP contribution in [0.5, 0.6) is 0 Å². The molecule has 1 unspecified atom stereocenters. The van der Waals surface area contributed by atoms with Gasteiger partial charge in [-0.3, -0.25) is 15.1 Å². The van der Waals surface area contributed by atoms with Crippen molar-refractivity contribution in [3.05, 3.63) is 41.6 Å². The van der Waals surface area contributed by atoms with E-state index >= 15 is 0 Å². The zero-order valence-corrected chi connectivity index (χ0v) is 9.36. The summed E-state index contributed by atoms with van der Waals surface area (Å²) in [5.41, 5.74) is 3.86. The summed E-state index contributed by atoms with van der Waals surface area (Å²) in [5.74, 6) is -0.0526. The van der Waals surface area contributed by atoms with Crippen LogP contribution in [0.3, 0.4) is 0 Å². The number of rotatable bonds is 1. The Morgan fingerprint density at radius 1 is 1.41 bits per heavy atom. The van der Waals surface area contributed by atoms with Gasteiger partial charge in [-0.15, -0.1) is 0 Å². The van der Waals surface area contributed by atoms with Gasteiger partial charge in [0.05, 0.1) is 5.69 Å². The van der Waals surface area contributed by atoms with Gasteiger partial charge in [0, 0.05) is 24.9 Å². The van der Waals surface area contributed by atoms with E-state index in [0.717, 1.165) is 17.7 Å². The molecule has 2 N–H and O–H groups in total. The van der Waals surface area contributed by atoms with Crippen molar-refractivity contribution in [1.29, 1.82) is 0 Å². The maximum Gasteiger partial charge on any atom is 0.245 e. The molecule has 1 amide bonds. The van der Waals surface area contributed by atoms with Gasteiger partial charge in [0.1, 0.15) is 6.04 Å². The van der Waals surface area contributed by atoms with Crippen LogP contribution in [-0.4, -0.2) is 18.7 Å². The van der Waals surface area contributed by atoms with E-state index in [1.165, 1.54) is 5.56 Å². The summed E-state index contributed by atoms with van der Waals surface area (Å²) in [6.07, 6.45) is 2.78. The molecule has 4 nitrogen and oxygen atoms in total. The number of aliphatic imine (C=N–C) groups is 1. The number of fused-ring (bicyclic) bond motifs is 1. The molecule has 86 valence electrons. The lowest BCUT2D eigenvalue weighted by molar-refractivity contribution is -0.123. The van der Waals surface area contributed by atoms with E-state index in [0.29, 0.717) is 12.2 Å². The molecule has 0 aliphatic carbocycles. The first-order valence-electron chi connectivity index (χ1n) is 5.61. The molecule has 1 aromatic rings. The standard InChI is InChI=1S/C13H13N3O/c1-8-7-15-12(13(17)16-8)10-3-2-9-4-5-14-11(9)6-10/h2-3,5-6,12,15H,1,4,7H2,(H,16,17). The molecule has 2 aliphatic heterocycles. The zero-order valence-electron chi connectivity index (χ0n) is 9.36. The number of nitrogens with one attached hydrogen (secondary N) is 2. The Labute approximate surface area is 99.4 Å². The fraction of sp³-hybridized carbons (Fsp3) is 0.231. The summed E-state index contributed by atoms with van der Waals surface area (Å²) in [7, 11) is 0. The minimum atomic E-state index is -0.304. The predicted octanol–water partition coefficient (Wildman–Crippen LogP) is 1.22. The number of benzene rings is 1.